The predicted octanol–water partition coefficient (Wildman–Crippen LogP) is 3.77. The molecule has 1 fully saturated rings. The van der Waals surface area contributed by atoms with Gasteiger partial charge in [0.25, 0.3) is 0 Å². The number of rotatable bonds is 5. The quantitative estimate of drug-likeness (QED) is 0.838. The van der Waals surface area contributed by atoms with Gasteiger partial charge in [-0.2, -0.15) is 0 Å². The lowest BCUT2D eigenvalue weighted by molar-refractivity contribution is 0.461. The summed E-state index contributed by atoms with van der Waals surface area (Å²) in [5, 5.41) is 3.36. The van der Waals surface area contributed by atoms with Crippen LogP contribution in [0, 0.1) is 11.6 Å². The van der Waals surface area contributed by atoms with Crippen LogP contribution in [0.2, 0.25) is 0 Å². The molecule has 1 aliphatic carbocycles. The maximum absolute atomic E-state index is 13.9. The van der Waals surface area contributed by atoms with Gasteiger partial charge in [-0.25, -0.2) is 8.78 Å². The van der Waals surface area contributed by atoms with E-state index in [1.165, 1.54) is 12.1 Å². The normalized spacial score (nSPS) is 24.5. The van der Waals surface area contributed by atoms with Gasteiger partial charge in [0, 0.05) is 12.1 Å². The van der Waals surface area contributed by atoms with Crippen molar-refractivity contribution in [3.8, 4) is 0 Å². The highest BCUT2D eigenvalue weighted by Crippen LogP contribution is 2.27. The van der Waals surface area contributed by atoms with E-state index < -0.39 is 22.4 Å². The molecule has 3 unspecified atom stereocenters. The van der Waals surface area contributed by atoms with Crippen LogP contribution < -0.4 is 5.32 Å². The summed E-state index contributed by atoms with van der Waals surface area (Å²) in [5.74, 6) is -1.33. The fourth-order valence-corrected chi connectivity index (χ4v) is 4.59. The summed E-state index contributed by atoms with van der Waals surface area (Å²) in [5.41, 5.74) is 0. The van der Waals surface area contributed by atoms with E-state index in [0.717, 1.165) is 51.1 Å². The zero-order valence-corrected chi connectivity index (χ0v) is 13.2. The zero-order valence-electron chi connectivity index (χ0n) is 12.4. The zero-order chi connectivity index (χ0) is 15.2. The topological polar surface area (TPSA) is 29.1 Å². The van der Waals surface area contributed by atoms with Crippen molar-refractivity contribution in [1.29, 1.82) is 0 Å². The SMILES string of the molecule is CCCNC1CCCCCC1S(=O)c1ccc(F)cc1F. The highest BCUT2D eigenvalue weighted by molar-refractivity contribution is 7.85. The average molecular weight is 315 g/mol. The minimum atomic E-state index is -1.44. The Morgan fingerprint density at radius 3 is 2.71 bits per heavy atom. The molecule has 0 bridgehead atoms. The second-order valence-electron chi connectivity index (χ2n) is 5.61. The third-order valence-corrected chi connectivity index (χ3v) is 5.87. The van der Waals surface area contributed by atoms with E-state index >= 15 is 0 Å². The molecule has 0 radical (unpaired) electrons. The molecule has 1 aromatic rings. The average Bonchev–Trinajstić information content (AvgIpc) is 2.69. The van der Waals surface area contributed by atoms with Crippen molar-refractivity contribution in [3.63, 3.8) is 0 Å². The molecule has 5 heteroatoms. The maximum Gasteiger partial charge on any atom is 0.142 e. The van der Waals surface area contributed by atoms with E-state index in [4.69, 9.17) is 0 Å². The van der Waals surface area contributed by atoms with Gasteiger partial charge in [-0.15, -0.1) is 0 Å². The fraction of sp³-hybridized carbons (Fsp3) is 0.625. The summed E-state index contributed by atoms with van der Waals surface area (Å²) < 4.78 is 39.7. The number of benzene rings is 1. The Kier molecular flexibility index (Phi) is 6.30. The fourth-order valence-electron chi connectivity index (χ4n) is 2.89. The first-order valence-electron chi connectivity index (χ1n) is 7.72. The van der Waals surface area contributed by atoms with Crippen molar-refractivity contribution in [3.05, 3.63) is 29.8 Å². The first kappa shape index (κ1) is 16.6. The molecule has 2 nitrogen and oxygen atoms in total. The van der Waals surface area contributed by atoms with Crippen molar-refractivity contribution in [2.24, 2.45) is 0 Å². The molecular formula is C16H23F2NOS. The summed E-state index contributed by atoms with van der Waals surface area (Å²) in [7, 11) is -1.44. The van der Waals surface area contributed by atoms with Crippen LogP contribution in [0.15, 0.2) is 23.1 Å². The third kappa shape index (κ3) is 4.33. The van der Waals surface area contributed by atoms with Crippen LogP contribution in [0.4, 0.5) is 8.78 Å². The Labute approximate surface area is 127 Å². The second-order valence-corrected chi connectivity index (χ2v) is 7.25. The van der Waals surface area contributed by atoms with E-state index in [9.17, 15) is 13.0 Å². The van der Waals surface area contributed by atoms with Crippen LogP contribution in [-0.4, -0.2) is 22.0 Å². The molecule has 0 heterocycles. The van der Waals surface area contributed by atoms with Crippen molar-refractivity contribution in [2.45, 2.75) is 61.6 Å². The number of halogens is 2. The Balaban J connectivity index is 2.20. The Bertz CT molecular complexity index is 495. The van der Waals surface area contributed by atoms with Crippen LogP contribution >= 0.6 is 0 Å². The number of nitrogens with one attached hydrogen (secondary N) is 1. The van der Waals surface area contributed by atoms with Gasteiger partial charge < -0.3 is 5.32 Å². The number of hydrogen-bond acceptors (Lipinski definition) is 2. The van der Waals surface area contributed by atoms with Gasteiger partial charge >= 0.3 is 0 Å². The van der Waals surface area contributed by atoms with Gasteiger partial charge in [-0.1, -0.05) is 26.2 Å². The van der Waals surface area contributed by atoms with Gasteiger partial charge in [-0.3, -0.25) is 4.21 Å². The van der Waals surface area contributed by atoms with E-state index in [1.807, 2.05) is 0 Å². The van der Waals surface area contributed by atoms with Crippen LogP contribution in [0.5, 0.6) is 0 Å². The van der Waals surface area contributed by atoms with Crippen LogP contribution in [0.25, 0.3) is 0 Å². The van der Waals surface area contributed by atoms with E-state index in [2.05, 4.69) is 12.2 Å². The first-order chi connectivity index (χ1) is 10.1. The summed E-state index contributed by atoms with van der Waals surface area (Å²) in [6.45, 7) is 2.97. The summed E-state index contributed by atoms with van der Waals surface area (Å²) in [6, 6.07) is 3.47. The monoisotopic (exact) mass is 315 g/mol. The molecule has 0 saturated heterocycles. The summed E-state index contributed by atoms with van der Waals surface area (Å²) >= 11 is 0. The van der Waals surface area contributed by atoms with Crippen LogP contribution in [0.3, 0.4) is 0 Å². The van der Waals surface area contributed by atoms with E-state index in [-0.39, 0.29) is 16.2 Å². The minimum Gasteiger partial charge on any atom is -0.313 e. The van der Waals surface area contributed by atoms with Crippen molar-refractivity contribution in [2.75, 3.05) is 6.54 Å². The Hall–Kier alpha value is -0.810. The molecule has 1 aromatic carbocycles. The lowest BCUT2D eigenvalue weighted by Gasteiger charge is -2.25. The lowest BCUT2D eigenvalue weighted by atomic mass is 10.1. The van der Waals surface area contributed by atoms with Gasteiger partial charge in [0.2, 0.25) is 0 Å². The molecule has 0 spiro atoms. The molecule has 118 valence electrons. The molecule has 0 aliphatic heterocycles. The van der Waals surface area contributed by atoms with E-state index in [0.29, 0.717) is 0 Å². The number of hydrogen-bond donors (Lipinski definition) is 1. The third-order valence-electron chi connectivity index (χ3n) is 3.99. The highest BCUT2D eigenvalue weighted by Gasteiger charge is 2.30. The Morgan fingerprint density at radius 1 is 1.24 bits per heavy atom. The van der Waals surface area contributed by atoms with Gasteiger partial charge in [-0.05, 0) is 37.9 Å². The lowest BCUT2D eigenvalue weighted by Crippen LogP contribution is -2.42. The van der Waals surface area contributed by atoms with Gasteiger partial charge in [0.15, 0.2) is 0 Å². The smallest absolute Gasteiger partial charge is 0.142 e. The van der Waals surface area contributed by atoms with Crippen LogP contribution in [-0.2, 0) is 10.8 Å². The molecule has 1 N–H and O–H groups in total. The molecular weight excluding hydrogens is 292 g/mol. The van der Waals surface area contributed by atoms with Crippen molar-refractivity contribution < 1.29 is 13.0 Å². The predicted molar refractivity (Wildman–Crippen MR) is 81.7 cm³/mol. The maximum atomic E-state index is 13.9. The Morgan fingerprint density at radius 2 is 2.00 bits per heavy atom. The summed E-state index contributed by atoms with van der Waals surface area (Å²) in [6.07, 6.45) is 6.07. The molecule has 3 atom stereocenters. The first-order valence-corrected chi connectivity index (χ1v) is 8.93. The molecule has 21 heavy (non-hydrogen) atoms. The largest absolute Gasteiger partial charge is 0.313 e. The van der Waals surface area contributed by atoms with Crippen molar-refractivity contribution in [1.82, 2.24) is 5.32 Å². The van der Waals surface area contributed by atoms with Gasteiger partial charge in [0.1, 0.15) is 11.6 Å². The molecule has 0 amide bonds. The summed E-state index contributed by atoms with van der Waals surface area (Å²) in [4.78, 5) is 0.131. The molecule has 1 saturated carbocycles. The standard InChI is InChI=1S/C16H23F2NOS/c1-2-10-19-14-6-4-3-5-7-16(14)21(20)15-9-8-12(17)11-13(15)18/h8-9,11,14,16,19H,2-7,10H2,1H3. The minimum absolute atomic E-state index is 0.0981. The van der Waals surface area contributed by atoms with Crippen LogP contribution in [0.1, 0.15) is 45.4 Å². The van der Waals surface area contributed by atoms with Gasteiger partial charge in [0.05, 0.1) is 20.9 Å². The second kappa shape index (κ2) is 7.99. The van der Waals surface area contributed by atoms with Crippen molar-refractivity contribution >= 4 is 10.8 Å². The van der Waals surface area contributed by atoms with E-state index in [1.54, 1.807) is 0 Å². The highest BCUT2D eigenvalue weighted by atomic mass is 32.2. The molecule has 0 aromatic heterocycles. The molecule has 1 aliphatic rings. The molecule has 2 rings (SSSR count).